The molecule has 0 N–H and O–H groups in total. The number of halogens is 5. The molecular weight excluding hydrogens is 2260 g/mol. The van der Waals surface area contributed by atoms with Crippen LogP contribution in [0.4, 0.5) is 33.3 Å². The van der Waals surface area contributed by atoms with Crippen molar-refractivity contribution in [2.24, 2.45) is 0 Å². The van der Waals surface area contributed by atoms with Crippen LogP contribution in [0.25, 0.3) is 177 Å². The molecule has 12 aromatic carbocycles. The van der Waals surface area contributed by atoms with Gasteiger partial charge in [0.25, 0.3) is 11.4 Å². The summed E-state index contributed by atoms with van der Waals surface area (Å²) in [5.74, 6) is -3.92. The van der Waals surface area contributed by atoms with Crippen molar-refractivity contribution in [3.63, 3.8) is 0 Å². The van der Waals surface area contributed by atoms with Gasteiger partial charge >= 0.3 is 60.3 Å². The van der Waals surface area contributed by atoms with Crippen LogP contribution in [0.15, 0.2) is 311 Å². The molecule has 0 saturated carbocycles. The van der Waals surface area contributed by atoms with Gasteiger partial charge in [-0.3, -0.25) is 8.78 Å². The standard InChI is InChI=1S/3C22H12N6.2C13H5FN3.C11H5F3N.3Ir/c3*1-3-7-19-16(5-1)17-10-9-15(27-14-26-18-6-2-4-8-20(18)27)11-21(17)28(19)22-24-12-23-13-25-22;2*1-16-13-10(11-4-2-3-7-17-11)6-5-9(8-15)12(13)14;12-8-5-4-7(10(13)11(8)14)9-3-1-2-6-15-9;;;/h3*1-8,10-13H;2*2-5,7H;1-3,5-6H;;;/q3*-2;3*-1;3*+3. The Balaban J connectivity index is 0.000000120. The van der Waals surface area contributed by atoms with Crippen molar-refractivity contribution in [3.05, 3.63) is 430 Å². The fourth-order valence-electron chi connectivity index (χ4n) is 15.0. The SMILES string of the molecule is Fc1c[c-]c(-c2ccccn2)c(F)c1F.[C-]#[N+]c1c(-c2ccccn2)[c-]cc(C#N)c1F.[C-]#[N+]c1c(-c2ccccn2)[c-]cc(C#N)c1F.[Ir+3].[Ir+3].[Ir+3].[c-]1cc2c3ccccc3n(-c3ncncn3)c2cc1-n1[c-]nc2ccccc21.[c-]1cc2c3ccccc3n(-c3ncncn3)c2cc1-n1[c-]nc2ccccc21.[c-]1cc2c3ccccc3n(-c3ncncn3)c2cc1-n1[c-]nc2ccccc21. The van der Waals surface area contributed by atoms with Gasteiger partial charge in [0.15, 0.2) is 0 Å². The predicted octanol–water partition coefficient (Wildman–Crippen LogP) is 20.9. The van der Waals surface area contributed by atoms with Crippen molar-refractivity contribution in [1.82, 2.24) is 102 Å². The van der Waals surface area contributed by atoms with Gasteiger partial charge in [-0.1, -0.05) is 202 Å². The summed E-state index contributed by atoms with van der Waals surface area (Å²) in [4.78, 5) is 69.3. The zero-order chi connectivity index (χ0) is 90.8. The van der Waals surface area contributed by atoms with E-state index >= 15 is 0 Å². The summed E-state index contributed by atoms with van der Waals surface area (Å²) in [6.45, 7) is 13.9. The van der Waals surface area contributed by atoms with E-state index in [1.54, 1.807) is 73.1 Å². The molecule has 0 fully saturated rings. The van der Waals surface area contributed by atoms with Crippen LogP contribution in [0, 0.1) is 120 Å². The summed E-state index contributed by atoms with van der Waals surface area (Å²) in [6, 6.07) is 100. The molecule has 12 aromatic heterocycles. The van der Waals surface area contributed by atoms with Gasteiger partial charge in [0, 0.05) is 65.2 Å². The summed E-state index contributed by atoms with van der Waals surface area (Å²) < 4.78 is 78.1. The van der Waals surface area contributed by atoms with Crippen LogP contribution >= 0.6 is 0 Å². The Bertz CT molecular complexity index is 8030. The molecule has 24 aromatic rings. The summed E-state index contributed by atoms with van der Waals surface area (Å²) in [5.41, 5.74) is 15.0. The molecule has 0 saturated heterocycles. The van der Waals surface area contributed by atoms with E-state index in [0.29, 0.717) is 29.2 Å². The van der Waals surface area contributed by atoms with Crippen molar-refractivity contribution in [2.45, 2.75) is 0 Å². The molecule has 24 rings (SSSR count). The Kier molecular flexibility index (Phi) is 27.9. The number of benzene rings is 12. The fraction of sp³-hybridized carbons (Fsp3) is 0. The van der Waals surface area contributed by atoms with Gasteiger partial charge in [-0.15, -0.1) is 52.6 Å². The van der Waals surface area contributed by atoms with Crippen LogP contribution in [0.3, 0.4) is 0 Å². The van der Waals surface area contributed by atoms with E-state index < -0.39 is 29.1 Å². The fourth-order valence-corrected chi connectivity index (χ4v) is 15.0. The van der Waals surface area contributed by atoms with Crippen LogP contribution in [0.2, 0.25) is 0 Å². The molecule has 0 amide bonds. The second-order valence-electron chi connectivity index (χ2n) is 28.5. The third-order valence-corrected chi connectivity index (χ3v) is 21.0. The van der Waals surface area contributed by atoms with Crippen LogP contribution in [-0.2, 0) is 60.3 Å². The molecule has 650 valence electrons. The van der Waals surface area contributed by atoms with Crippen LogP contribution in [0.1, 0.15) is 11.1 Å². The molecule has 25 nitrogen and oxygen atoms in total. The number of aromatic nitrogens is 21. The molecule has 0 aliphatic heterocycles. The first-order valence-electron chi connectivity index (χ1n) is 40.1. The number of imidazole rings is 3. The van der Waals surface area contributed by atoms with Crippen LogP contribution in [-0.4, -0.2) is 102 Å². The number of fused-ring (bicyclic) bond motifs is 12. The molecule has 0 bridgehead atoms. The Morgan fingerprint density at radius 3 is 0.897 bits per heavy atom. The third kappa shape index (κ3) is 18.0. The van der Waals surface area contributed by atoms with Crippen molar-refractivity contribution >= 4 is 110 Å². The molecule has 0 atom stereocenters. The molecule has 136 heavy (non-hydrogen) atoms. The summed E-state index contributed by atoms with van der Waals surface area (Å²) in [7, 11) is 0. The maximum atomic E-state index is 13.7. The maximum absolute atomic E-state index is 13.7. The van der Waals surface area contributed by atoms with Gasteiger partial charge in [-0.25, -0.2) is 86.7 Å². The Morgan fingerprint density at radius 2 is 0.588 bits per heavy atom. The first kappa shape index (κ1) is 91.8. The minimum atomic E-state index is -1.51. The number of hydrogen-bond donors (Lipinski definition) is 0. The Hall–Kier alpha value is -17.5. The summed E-state index contributed by atoms with van der Waals surface area (Å²) in [5, 5.41) is 24.0. The van der Waals surface area contributed by atoms with Gasteiger partial charge in [-0.2, -0.15) is 63.2 Å². The smallest absolute Gasteiger partial charge is 0.448 e. The minimum Gasteiger partial charge on any atom is -0.448 e. The average Bonchev–Trinajstić information content (AvgIpc) is 1.60. The summed E-state index contributed by atoms with van der Waals surface area (Å²) in [6.07, 6.45) is 22.8. The zero-order valence-corrected chi connectivity index (χ0v) is 76.7. The average molecular weight is 2310 g/mol. The number of nitriles is 2. The minimum absolute atomic E-state index is 0. The van der Waals surface area contributed by atoms with E-state index in [4.69, 9.17) is 23.7 Å². The van der Waals surface area contributed by atoms with Crippen molar-refractivity contribution in [3.8, 4) is 80.8 Å². The number of pyridine rings is 3. The van der Waals surface area contributed by atoms with Crippen LogP contribution in [0.5, 0.6) is 0 Å². The molecule has 33 heteroatoms. The molecular formula is C103H51F5Ir3N25. The van der Waals surface area contributed by atoms with Gasteiger partial charge in [0.05, 0.1) is 23.8 Å². The van der Waals surface area contributed by atoms with Crippen molar-refractivity contribution in [1.29, 1.82) is 10.5 Å². The molecule has 0 aliphatic rings. The number of rotatable bonds is 9. The van der Waals surface area contributed by atoms with Gasteiger partial charge in [0.2, 0.25) is 17.8 Å². The second kappa shape index (κ2) is 41.3. The molecule has 12 heterocycles. The van der Waals surface area contributed by atoms with Gasteiger partial charge in [0.1, 0.15) is 68.6 Å². The first-order chi connectivity index (χ1) is 65.4. The predicted molar refractivity (Wildman–Crippen MR) is 487 cm³/mol. The van der Waals surface area contributed by atoms with E-state index in [-0.39, 0.29) is 105 Å². The largest absolute Gasteiger partial charge is 3.00 e. The first-order valence-corrected chi connectivity index (χ1v) is 40.1. The quantitative estimate of drug-likeness (QED) is 0.0737. The Morgan fingerprint density at radius 1 is 0.294 bits per heavy atom. The number of hydrogen-bond acceptors (Lipinski definition) is 17. The van der Waals surface area contributed by atoms with E-state index in [2.05, 4.69) is 194 Å². The van der Waals surface area contributed by atoms with Crippen molar-refractivity contribution < 1.29 is 82.3 Å². The number of nitrogens with zero attached hydrogens (tertiary/aromatic N) is 25. The summed E-state index contributed by atoms with van der Waals surface area (Å²) >= 11 is 0. The monoisotopic (exact) mass is 2310 g/mol. The van der Waals surface area contributed by atoms with Gasteiger partial charge in [-0.05, 0) is 97.3 Å². The number of para-hydroxylation sites is 9. The van der Waals surface area contributed by atoms with E-state index in [1.165, 1.54) is 62.4 Å². The maximum Gasteiger partial charge on any atom is 3.00 e. The van der Waals surface area contributed by atoms with E-state index in [0.717, 1.165) is 122 Å². The molecule has 0 aliphatic carbocycles. The van der Waals surface area contributed by atoms with Gasteiger partial charge < -0.3 is 57.3 Å². The molecule has 0 spiro atoms. The van der Waals surface area contributed by atoms with Crippen molar-refractivity contribution in [2.75, 3.05) is 0 Å². The van der Waals surface area contributed by atoms with E-state index in [9.17, 15) is 22.0 Å². The Labute approximate surface area is 809 Å². The third-order valence-electron chi connectivity index (χ3n) is 21.0. The topological polar surface area (TPSA) is 279 Å². The normalized spacial score (nSPS) is 10.6. The van der Waals surface area contributed by atoms with Crippen LogP contribution < -0.4 is 0 Å². The second-order valence-corrected chi connectivity index (χ2v) is 28.5. The van der Waals surface area contributed by atoms with E-state index in [1.807, 2.05) is 155 Å². The molecule has 0 unspecified atom stereocenters. The molecule has 0 radical (unpaired) electrons. The zero-order valence-electron chi connectivity index (χ0n) is 69.5.